The Bertz CT molecular complexity index is 305. The van der Waals surface area contributed by atoms with Gasteiger partial charge in [0.05, 0.1) is 11.6 Å². The van der Waals surface area contributed by atoms with Crippen molar-refractivity contribution in [2.24, 2.45) is 0 Å². The summed E-state index contributed by atoms with van der Waals surface area (Å²) in [5.41, 5.74) is 1.78. The highest BCUT2D eigenvalue weighted by atomic mass is 14.2. The Kier molecular flexibility index (Phi) is 2.46. The van der Waals surface area contributed by atoms with Gasteiger partial charge in [0.2, 0.25) is 0 Å². The molecular weight excluding hydrogens is 134 g/mol. The molecule has 1 nitrogen and oxygen atoms in total. The van der Waals surface area contributed by atoms with Crippen molar-refractivity contribution in [3.05, 3.63) is 41.5 Å². The molecule has 11 heavy (non-hydrogen) atoms. The summed E-state index contributed by atoms with van der Waals surface area (Å²) in [5.74, 6) is 0. The summed E-state index contributed by atoms with van der Waals surface area (Å²) in [6, 6.07) is 9.61. The second kappa shape index (κ2) is 3.58. The summed E-state index contributed by atoms with van der Waals surface area (Å²) in [6.07, 6.45) is 3.93. The molecule has 1 aromatic carbocycles. The van der Waals surface area contributed by atoms with Crippen molar-refractivity contribution in [1.29, 1.82) is 5.26 Å². The quantitative estimate of drug-likeness (QED) is 0.592. The highest BCUT2D eigenvalue weighted by Crippen LogP contribution is 2.05. The molecule has 0 aliphatic heterocycles. The van der Waals surface area contributed by atoms with E-state index in [0.29, 0.717) is 5.56 Å². The van der Waals surface area contributed by atoms with Crippen LogP contribution in [0.15, 0.2) is 30.3 Å². The minimum atomic E-state index is 0.709. The summed E-state index contributed by atoms with van der Waals surface area (Å²) < 4.78 is 0. The SMILES string of the molecule is C/C=C\c1cccc(C#N)c1. The van der Waals surface area contributed by atoms with E-state index in [-0.39, 0.29) is 0 Å². The average Bonchev–Trinajstić information content (AvgIpc) is 2.06. The molecule has 0 amide bonds. The Morgan fingerprint density at radius 1 is 1.45 bits per heavy atom. The van der Waals surface area contributed by atoms with E-state index in [0.717, 1.165) is 5.56 Å². The molecule has 0 radical (unpaired) electrons. The van der Waals surface area contributed by atoms with Crippen molar-refractivity contribution in [1.82, 2.24) is 0 Å². The Morgan fingerprint density at radius 2 is 2.27 bits per heavy atom. The first-order chi connectivity index (χ1) is 5.36. The molecular formula is C10H9N. The van der Waals surface area contributed by atoms with Crippen LogP contribution < -0.4 is 0 Å². The summed E-state index contributed by atoms with van der Waals surface area (Å²) in [7, 11) is 0. The molecule has 0 spiro atoms. The fourth-order valence-electron chi connectivity index (χ4n) is 0.904. The molecule has 1 heteroatoms. The van der Waals surface area contributed by atoms with E-state index >= 15 is 0 Å². The lowest BCUT2D eigenvalue weighted by Gasteiger charge is -1.91. The summed E-state index contributed by atoms with van der Waals surface area (Å²) in [5, 5.41) is 8.56. The minimum absolute atomic E-state index is 0.709. The molecule has 1 aromatic rings. The van der Waals surface area contributed by atoms with Crippen LogP contribution in [-0.2, 0) is 0 Å². The van der Waals surface area contributed by atoms with Crippen LogP contribution in [0, 0.1) is 11.3 Å². The molecule has 0 saturated heterocycles. The van der Waals surface area contributed by atoms with Crippen LogP contribution in [0.5, 0.6) is 0 Å². The van der Waals surface area contributed by atoms with E-state index in [1.54, 1.807) is 6.07 Å². The van der Waals surface area contributed by atoms with Crippen LogP contribution >= 0.6 is 0 Å². The van der Waals surface area contributed by atoms with Gasteiger partial charge >= 0.3 is 0 Å². The maximum absolute atomic E-state index is 8.56. The Morgan fingerprint density at radius 3 is 2.91 bits per heavy atom. The van der Waals surface area contributed by atoms with Gasteiger partial charge in [-0.05, 0) is 24.6 Å². The van der Waals surface area contributed by atoms with Gasteiger partial charge in [0.25, 0.3) is 0 Å². The Hall–Kier alpha value is -1.55. The minimum Gasteiger partial charge on any atom is -0.192 e. The van der Waals surface area contributed by atoms with Gasteiger partial charge in [-0.15, -0.1) is 0 Å². The number of hydrogen-bond acceptors (Lipinski definition) is 1. The molecule has 0 heterocycles. The maximum atomic E-state index is 8.56. The largest absolute Gasteiger partial charge is 0.192 e. The first-order valence-electron chi connectivity index (χ1n) is 3.49. The normalized spacial score (nSPS) is 9.82. The van der Waals surface area contributed by atoms with Crippen molar-refractivity contribution in [2.75, 3.05) is 0 Å². The highest BCUT2D eigenvalue weighted by Gasteiger charge is 1.88. The third-order valence-corrected chi connectivity index (χ3v) is 1.37. The van der Waals surface area contributed by atoms with Gasteiger partial charge in [0.15, 0.2) is 0 Å². The first kappa shape index (κ1) is 7.56. The Balaban J connectivity index is 3.03. The van der Waals surface area contributed by atoms with Crippen LogP contribution in [-0.4, -0.2) is 0 Å². The third-order valence-electron chi connectivity index (χ3n) is 1.37. The number of nitrogens with zero attached hydrogens (tertiary/aromatic N) is 1. The van der Waals surface area contributed by atoms with Crippen LogP contribution in [0.1, 0.15) is 18.1 Å². The maximum Gasteiger partial charge on any atom is 0.0991 e. The molecule has 54 valence electrons. The molecule has 1 rings (SSSR count). The number of allylic oxidation sites excluding steroid dienone is 1. The van der Waals surface area contributed by atoms with Crippen LogP contribution in [0.25, 0.3) is 6.08 Å². The molecule has 0 saturated carbocycles. The third kappa shape index (κ3) is 1.94. The second-order valence-electron chi connectivity index (χ2n) is 2.24. The Labute approximate surface area is 66.6 Å². The van der Waals surface area contributed by atoms with E-state index in [1.165, 1.54) is 0 Å². The summed E-state index contributed by atoms with van der Waals surface area (Å²) in [4.78, 5) is 0. The van der Waals surface area contributed by atoms with Crippen molar-refractivity contribution in [3.8, 4) is 6.07 Å². The second-order valence-corrected chi connectivity index (χ2v) is 2.24. The van der Waals surface area contributed by atoms with E-state index in [9.17, 15) is 0 Å². The van der Waals surface area contributed by atoms with Gasteiger partial charge in [-0.1, -0.05) is 24.3 Å². The lowest BCUT2D eigenvalue weighted by atomic mass is 10.1. The zero-order chi connectivity index (χ0) is 8.10. The monoisotopic (exact) mass is 143 g/mol. The number of benzene rings is 1. The van der Waals surface area contributed by atoms with Crippen molar-refractivity contribution in [2.45, 2.75) is 6.92 Å². The summed E-state index contributed by atoms with van der Waals surface area (Å²) >= 11 is 0. The molecule has 0 aliphatic rings. The fourth-order valence-corrected chi connectivity index (χ4v) is 0.904. The number of rotatable bonds is 1. The number of hydrogen-bond donors (Lipinski definition) is 0. The van der Waals surface area contributed by atoms with Gasteiger partial charge in [0, 0.05) is 0 Å². The van der Waals surface area contributed by atoms with Gasteiger partial charge in [-0.3, -0.25) is 0 Å². The van der Waals surface area contributed by atoms with E-state index in [1.807, 2.05) is 37.3 Å². The van der Waals surface area contributed by atoms with Crippen molar-refractivity contribution < 1.29 is 0 Å². The zero-order valence-corrected chi connectivity index (χ0v) is 6.41. The van der Waals surface area contributed by atoms with Crippen molar-refractivity contribution >= 4 is 6.08 Å². The standard InChI is InChI=1S/C10H9N/c1-2-4-9-5-3-6-10(7-9)8-11/h2-7H,1H3/b4-2-. The molecule has 0 bridgehead atoms. The fraction of sp³-hybridized carbons (Fsp3) is 0.100. The average molecular weight is 143 g/mol. The van der Waals surface area contributed by atoms with E-state index in [4.69, 9.17) is 5.26 Å². The molecule has 0 fully saturated rings. The predicted octanol–water partition coefficient (Wildman–Crippen LogP) is 2.59. The van der Waals surface area contributed by atoms with E-state index in [2.05, 4.69) is 6.07 Å². The molecule has 0 atom stereocenters. The summed E-state index contributed by atoms with van der Waals surface area (Å²) in [6.45, 7) is 1.96. The van der Waals surface area contributed by atoms with Gasteiger partial charge in [-0.25, -0.2) is 0 Å². The van der Waals surface area contributed by atoms with Gasteiger partial charge in [-0.2, -0.15) is 5.26 Å². The lowest BCUT2D eigenvalue weighted by Crippen LogP contribution is -1.74. The van der Waals surface area contributed by atoms with Gasteiger partial charge < -0.3 is 0 Å². The number of nitriles is 1. The topological polar surface area (TPSA) is 23.8 Å². The molecule has 0 N–H and O–H groups in total. The van der Waals surface area contributed by atoms with Crippen molar-refractivity contribution in [3.63, 3.8) is 0 Å². The lowest BCUT2D eigenvalue weighted by molar-refractivity contribution is 1.48. The van der Waals surface area contributed by atoms with Crippen LogP contribution in [0.3, 0.4) is 0 Å². The zero-order valence-electron chi connectivity index (χ0n) is 6.41. The first-order valence-corrected chi connectivity index (χ1v) is 3.49. The highest BCUT2D eigenvalue weighted by molar-refractivity contribution is 5.51. The van der Waals surface area contributed by atoms with E-state index < -0.39 is 0 Å². The molecule has 0 aliphatic carbocycles. The van der Waals surface area contributed by atoms with Crippen LogP contribution in [0.4, 0.5) is 0 Å². The molecule has 0 unspecified atom stereocenters. The molecule has 0 aromatic heterocycles. The predicted molar refractivity (Wildman–Crippen MR) is 45.9 cm³/mol. The smallest absolute Gasteiger partial charge is 0.0991 e. The van der Waals surface area contributed by atoms with Crippen LogP contribution in [0.2, 0.25) is 0 Å². The van der Waals surface area contributed by atoms with Gasteiger partial charge in [0.1, 0.15) is 0 Å².